The summed E-state index contributed by atoms with van der Waals surface area (Å²) in [5, 5.41) is 12.9. The van der Waals surface area contributed by atoms with Crippen LogP contribution >= 0.6 is 15.9 Å². The summed E-state index contributed by atoms with van der Waals surface area (Å²) in [6, 6.07) is 5.05. The third kappa shape index (κ3) is 2.91. The van der Waals surface area contributed by atoms with Crippen molar-refractivity contribution in [3.8, 4) is 5.75 Å². The van der Waals surface area contributed by atoms with E-state index in [1.165, 1.54) is 0 Å². The molecule has 2 atom stereocenters. The van der Waals surface area contributed by atoms with Crippen LogP contribution in [0.2, 0.25) is 0 Å². The summed E-state index contributed by atoms with van der Waals surface area (Å²) in [5.74, 6) is 0.489. The molecule has 1 amide bonds. The van der Waals surface area contributed by atoms with Gasteiger partial charge in [0.1, 0.15) is 5.75 Å². The van der Waals surface area contributed by atoms with E-state index in [2.05, 4.69) is 21.2 Å². The van der Waals surface area contributed by atoms with Crippen molar-refractivity contribution in [3.63, 3.8) is 0 Å². The van der Waals surface area contributed by atoms with E-state index in [-0.39, 0.29) is 11.9 Å². The molecule has 1 heterocycles. The maximum atomic E-state index is 12.5. The highest BCUT2D eigenvalue weighted by Gasteiger charge is 2.32. The smallest absolute Gasteiger partial charge is 0.255 e. The van der Waals surface area contributed by atoms with E-state index >= 15 is 0 Å². The van der Waals surface area contributed by atoms with Crippen LogP contribution in [0.5, 0.6) is 5.75 Å². The molecule has 2 rings (SSSR count). The van der Waals surface area contributed by atoms with Crippen LogP contribution in [0.4, 0.5) is 0 Å². The van der Waals surface area contributed by atoms with Crippen LogP contribution in [0.3, 0.4) is 0 Å². The molecule has 5 nitrogen and oxygen atoms in total. The van der Waals surface area contributed by atoms with Crippen LogP contribution in [0.25, 0.3) is 0 Å². The highest BCUT2D eigenvalue weighted by atomic mass is 79.9. The molecule has 0 saturated carbocycles. The molecule has 1 fully saturated rings. The zero-order valence-electron chi connectivity index (χ0n) is 10.9. The predicted molar refractivity (Wildman–Crippen MR) is 75.5 cm³/mol. The number of halogens is 1. The highest BCUT2D eigenvalue weighted by Crippen LogP contribution is 2.24. The molecule has 0 bridgehead atoms. The molecule has 0 aliphatic carbocycles. The van der Waals surface area contributed by atoms with Crippen molar-refractivity contribution in [1.29, 1.82) is 0 Å². The van der Waals surface area contributed by atoms with Gasteiger partial charge in [0.05, 0.1) is 24.8 Å². The molecule has 2 N–H and O–H groups in total. The van der Waals surface area contributed by atoms with Gasteiger partial charge >= 0.3 is 0 Å². The van der Waals surface area contributed by atoms with Gasteiger partial charge in [-0.2, -0.15) is 0 Å². The Kier molecular flexibility index (Phi) is 4.44. The van der Waals surface area contributed by atoms with Gasteiger partial charge in [-0.25, -0.2) is 0 Å². The number of carbonyl (C=O) groups is 1. The van der Waals surface area contributed by atoms with Crippen molar-refractivity contribution in [1.82, 2.24) is 10.2 Å². The van der Waals surface area contributed by atoms with Crippen LogP contribution in [0.15, 0.2) is 22.7 Å². The van der Waals surface area contributed by atoms with E-state index in [0.29, 0.717) is 28.9 Å². The van der Waals surface area contributed by atoms with Gasteiger partial charge in [-0.3, -0.25) is 4.79 Å². The van der Waals surface area contributed by atoms with Crippen molar-refractivity contribution < 1.29 is 14.6 Å². The number of nitrogens with zero attached hydrogens (tertiary/aromatic N) is 1. The lowest BCUT2D eigenvalue weighted by molar-refractivity contribution is 0.0580. The highest BCUT2D eigenvalue weighted by molar-refractivity contribution is 9.10. The summed E-state index contributed by atoms with van der Waals surface area (Å²) >= 11 is 3.37. The van der Waals surface area contributed by atoms with Crippen molar-refractivity contribution in [2.75, 3.05) is 27.2 Å². The normalized spacial score (nSPS) is 22.3. The van der Waals surface area contributed by atoms with Crippen molar-refractivity contribution in [2.24, 2.45) is 0 Å². The number of aliphatic hydroxyl groups excluding tert-OH is 1. The predicted octanol–water partition coefficient (Wildman–Crippen LogP) is 0.862. The topological polar surface area (TPSA) is 61.8 Å². The Morgan fingerprint density at radius 3 is 2.84 bits per heavy atom. The average Bonchev–Trinajstić information content (AvgIpc) is 2.84. The quantitative estimate of drug-likeness (QED) is 0.864. The first-order valence-electron chi connectivity index (χ1n) is 6.04. The fourth-order valence-corrected chi connectivity index (χ4v) is 2.60. The molecule has 19 heavy (non-hydrogen) atoms. The Labute approximate surface area is 120 Å². The third-order valence-corrected chi connectivity index (χ3v) is 4.06. The number of hydrogen-bond acceptors (Lipinski definition) is 4. The van der Waals surface area contributed by atoms with Crippen LogP contribution in [0.1, 0.15) is 10.4 Å². The molecule has 1 saturated heterocycles. The molecule has 1 aromatic rings. The molecule has 0 unspecified atom stereocenters. The zero-order chi connectivity index (χ0) is 14.0. The summed E-state index contributed by atoms with van der Waals surface area (Å²) in [6.07, 6.45) is -0.529. The summed E-state index contributed by atoms with van der Waals surface area (Å²) < 4.78 is 5.85. The van der Waals surface area contributed by atoms with Gasteiger partial charge in [-0.15, -0.1) is 0 Å². The maximum absolute atomic E-state index is 12.5. The number of methoxy groups -OCH3 is 1. The summed E-state index contributed by atoms with van der Waals surface area (Å²) in [5.41, 5.74) is 0.529. The molecule has 0 radical (unpaired) electrons. The molecule has 0 spiro atoms. The van der Waals surface area contributed by atoms with E-state index in [1.807, 2.05) is 0 Å². The number of aliphatic hydroxyl groups is 1. The van der Waals surface area contributed by atoms with Gasteiger partial charge in [0.15, 0.2) is 0 Å². The van der Waals surface area contributed by atoms with Crippen LogP contribution in [-0.2, 0) is 0 Å². The number of carbonyl (C=O) groups excluding carboxylic acids is 1. The second-order valence-corrected chi connectivity index (χ2v) is 5.41. The monoisotopic (exact) mass is 328 g/mol. The first-order valence-corrected chi connectivity index (χ1v) is 6.83. The lowest BCUT2D eigenvalue weighted by Gasteiger charge is -2.27. The molecule has 1 aliphatic rings. The van der Waals surface area contributed by atoms with Crippen LogP contribution in [0, 0.1) is 0 Å². The van der Waals surface area contributed by atoms with Gasteiger partial charge in [0.25, 0.3) is 5.91 Å². The fourth-order valence-electron chi connectivity index (χ4n) is 2.18. The number of benzene rings is 1. The van der Waals surface area contributed by atoms with Gasteiger partial charge in [-0.1, -0.05) is 0 Å². The van der Waals surface area contributed by atoms with Gasteiger partial charge < -0.3 is 20.1 Å². The molecular formula is C13H17BrN2O3. The minimum atomic E-state index is -0.529. The standard InChI is InChI=1S/C13H17BrN2O3/c1-16(11-6-15-7-12(11)17)13(18)9-5-8(19-2)3-4-10(9)14/h3-5,11-12,15,17H,6-7H2,1-2H3/t11-,12-/m0/s1. The Morgan fingerprint density at radius 1 is 1.53 bits per heavy atom. The van der Waals surface area contributed by atoms with Crippen LogP contribution in [-0.4, -0.2) is 55.3 Å². The lowest BCUT2D eigenvalue weighted by atomic mass is 10.1. The Bertz CT molecular complexity index is 481. The SMILES string of the molecule is COc1ccc(Br)c(C(=O)N(C)[C@H]2CNC[C@@H]2O)c1. The second-order valence-electron chi connectivity index (χ2n) is 4.55. The molecular weight excluding hydrogens is 312 g/mol. The first-order chi connectivity index (χ1) is 9.04. The molecule has 104 valence electrons. The largest absolute Gasteiger partial charge is 0.497 e. The van der Waals surface area contributed by atoms with Crippen molar-refractivity contribution in [2.45, 2.75) is 12.1 Å². The number of nitrogens with one attached hydrogen (secondary N) is 1. The number of likely N-dealkylation sites (N-methyl/N-ethyl adjacent to an activating group) is 1. The van der Waals surface area contributed by atoms with Crippen molar-refractivity contribution in [3.05, 3.63) is 28.2 Å². The summed E-state index contributed by atoms with van der Waals surface area (Å²) in [6.45, 7) is 1.12. The Morgan fingerprint density at radius 2 is 2.26 bits per heavy atom. The number of β-amino-alcohol motifs (C(OH)–C–C–N with tert-alkyl or cyclic N) is 1. The number of amides is 1. The zero-order valence-corrected chi connectivity index (χ0v) is 12.5. The molecule has 1 aliphatic heterocycles. The number of ether oxygens (including phenoxy) is 1. The first kappa shape index (κ1) is 14.3. The minimum Gasteiger partial charge on any atom is -0.497 e. The van der Waals surface area contributed by atoms with E-state index in [0.717, 1.165) is 0 Å². The van der Waals surface area contributed by atoms with Crippen molar-refractivity contribution >= 4 is 21.8 Å². The Hall–Kier alpha value is -1.11. The minimum absolute atomic E-state index is 0.140. The molecule has 0 aromatic heterocycles. The van der Waals surface area contributed by atoms with E-state index in [9.17, 15) is 9.90 Å². The maximum Gasteiger partial charge on any atom is 0.255 e. The van der Waals surface area contributed by atoms with Gasteiger partial charge in [0.2, 0.25) is 0 Å². The second kappa shape index (κ2) is 5.90. The summed E-state index contributed by atoms with van der Waals surface area (Å²) in [4.78, 5) is 14.0. The number of rotatable bonds is 3. The van der Waals surface area contributed by atoms with E-state index in [4.69, 9.17) is 4.74 Å². The fraction of sp³-hybridized carbons (Fsp3) is 0.462. The number of hydrogen-bond donors (Lipinski definition) is 2. The van der Waals surface area contributed by atoms with Gasteiger partial charge in [-0.05, 0) is 34.1 Å². The van der Waals surface area contributed by atoms with Crippen LogP contribution < -0.4 is 10.1 Å². The lowest BCUT2D eigenvalue weighted by Crippen LogP contribution is -2.44. The Balaban J connectivity index is 2.23. The third-order valence-electron chi connectivity index (χ3n) is 3.37. The van der Waals surface area contributed by atoms with Gasteiger partial charge in [0, 0.05) is 24.6 Å². The summed E-state index contributed by atoms with van der Waals surface area (Å²) in [7, 11) is 3.26. The average molecular weight is 329 g/mol. The van der Waals surface area contributed by atoms with E-state index in [1.54, 1.807) is 37.3 Å². The van der Waals surface area contributed by atoms with E-state index < -0.39 is 6.10 Å². The molecule has 1 aromatic carbocycles. The molecule has 6 heteroatoms.